The molecule has 5 rings (SSSR count). The van der Waals surface area contributed by atoms with Crippen LogP contribution in [0.3, 0.4) is 0 Å². The Labute approximate surface area is 170 Å². The summed E-state index contributed by atoms with van der Waals surface area (Å²) in [7, 11) is 0. The maximum atomic E-state index is 5.97. The van der Waals surface area contributed by atoms with E-state index in [9.17, 15) is 0 Å². The maximum absolute atomic E-state index is 5.97. The lowest BCUT2D eigenvalue weighted by atomic mass is 9.99. The fraction of sp³-hybridized carbons (Fsp3) is 0.391. The molecule has 0 radical (unpaired) electrons. The molecular weight excluding hydrogens is 364 g/mol. The summed E-state index contributed by atoms with van der Waals surface area (Å²) in [5.41, 5.74) is 5.86. The van der Waals surface area contributed by atoms with Crippen LogP contribution in [0.4, 0.5) is 0 Å². The predicted molar refractivity (Wildman–Crippen MR) is 110 cm³/mol. The largest absolute Gasteiger partial charge is 0.487 e. The molecule has 6 nitrogen and oxygen atoms in total. The SMILES string of the molecule is c1cc(-c2ccc(OCc3ccc4c(c3)CNCC4)cn2)n(C2CCCCO2)n1. The number of pyridine rings is 1. The van der Waals surface area contributed by atoms with Gasteiger partial charge in [0.1, 0.15) is 12.4 Å². The number of aromatic nitrogens is 3. The quantitative estimate of drug-likeness (QED) is 0.717. The first-order valence-corrected chi connectivity index (χ1v) is 10.4. The molecule has 6 heteroatoms. The van der Waals surface area contributed by atoms with E-state index in [4.69, 9.17) is 9.47 Å². The lowest BCUT2D eigenvalue weighted by Crippen LogP contribution is -2.23. The van der Waals surface area contributed by atoms with Gasteiger partial charge in [0.05, 0.1) is 17.6 Å². The summed E-state index contributed by atoms with van der Waals surface area (Å²) in [6.45, 7) is 3.34. The van der Waals surface area contributed by atoms with Gasteiger partial charge in [0, 0.05) is 19.3 Å². The van der Waals surface area contributed by atoms with E-state index in [2.05, 4.69) is 33.6 Å². The van der Waals surface area contributed by atoms with E-state index in [1.165, 1.54) is 23.1 Å². The maximum Gasteiger partial charge on any atom is 0.150 e. The highest BCUT2D eigenvalue weighted by atomic mass is 16.5. The predicted octanol–water partition coefficient (Wildman–Crippen LogP) is 3.87. The topological polar surface area (TPSA) is 61.2 Å². The molecule has 150 valence electrons. The molecule has 1 atom stereocenters. The minimum atomic E-state index is 0.00461. The van der Waals surface area contributed by atoms with E-state index in [0.717, 1.165) is 56.1 Å². The summed E-state index contributed by atoms with van der Waals surface area (Å²) in [6, 6.07) is 12.6. The molecule has 0 aliphatic carbocycles. The molecule has 0 saturated carbocycles. The summed E-state index contributed by atoms with van der Waals surface area (Å²) >= 11 is 0. The minimum absolute atomic E-state index is 0.00461. The second kappa shape index (κ2) is 8.35. The van der Waals surface area contributed by atoms with Gasteiger partial charge in [-0.2, -0.15) is 5.10 Å². The third-order valence-corrected chi connectivity index (χ3v) is 5.66. The van der Waals surface area contributed by atoms with E-state index >= 15 is 0 Å². The summed E-state index contributed by atoms with van der Waals surface area (Å²) in [5, 5.41) is 7.89. The van der Waals surface area contributed by atoms with Crippen molar-refractivity contribution in [3.05, 3.63) is 65.5 Å². The number of hydrogen-bond acceptors (Lipinski definition) is 5. The van der Waals surface area contributed by atoms with Crippen molar-refractivity contribution in [2.75, 3.05) is 13.2 Å². The van der Waals surface area contributed by atoms with Crippen LogP contribution in [0.15, 0.2) is 48.8 Å². The summed E-state index contributed by atoms with van der Waals surface area (Å²) in [5.74, 6) is 0.768. The van der Waals surface area contributed by atoms with Gasteiger partial charge < -0.3 is 14.8 Å². The van der Waals surface area contributed by atoms with Crippen molar-refractivity contribution in [2.45, 2.75) is 45.1 Å². The van der Waals surface area contributed by atoms with E-state index < -0.39 is 0 Å². The zero-order valence-corrected chi connectivity index (χ0v) is 16.5. The van der Waals surface area contributed by atoms with E-state index in [-0.39, 0.29) is 6.23 Å². The number of benzene rings is 1. The Kier molecular flexibility index (Phi) is 5.28. The standard InChI is InChI=1S/C23H26N4O2/c1-2-12-28-23(3-1)27-22(9-11-26-27)21-7-6-20(15-25-21)29-16-17-4-5-18-8-10-24-14-19(18)13-17/h4-7,9,11,13,15,23-24H,1-3,8,10,12,14,16H2. The number of ether oxygens (including phenoxy) is 2. The summed E-state index contributed by atoms with van der Waals surface area (Å²) in [6.07, 6.45) is 7.99. The van der Waals surface area contributed by atoms with Gasteiger partial charge in [0.25, 0.3) is 0 Å². The highest BCUT2D eigenvalue weighted by Crippen LogP contribution is 2.28. The second-order valence-corrected chi connectivity index (χ2v) is 7.68. The van der Waals surface area contributed by atoms with Crippen molar-refractivity contribution in [1.29, 1.82) is 0 Å². The van der Waals surface area contributed by atoms with E-state index in [0.29, 0.717) is 6.61 Å². The third-order valence-electron chi connectivity index (χ3n) is 5.66. The first-order chi connectivity index (χ1) is 14.4. The Balaban J connectivity index is 1.26. The lowest BCUT2D eigenvalue weighted by molar-refractivity contribution is -0.0384. The van der Waals surface area contributed by atoms with Crippen LogP contribution in [0.1, 0.15) is 42.2 Å². The molecule has 2 aromatic heterocycles. The van der Waals surface area contributed by atoms with Gasteiger partial charge in [0.15, 0.2) is 6.23 Å². The van der Waals surface area contributed by atoms with Gasteiger partial charge in [-0.05, 0) is 67.1 Å². The molecule has 4 heterocycles. The monoisotopic (exact) mass is 390 g/mol. The average Bonchev–Trinajstić information content (AvgIpc) is 3.28. The highest BCUT2D eigenvalue weighted by molar-refractivity contribution is 5.54. The van der Waals surface area contributed by atoms with Crippen LogP contribution >= 0.6 is 0 Å². The molecule has 29 heavy (non-hydrogen) atoms. The fourth-order valence-electron chi connectivity index (χ4n) is 4.07. The third kappa shape index (κ3) is 4.04. The molecule has 3 aromatic rings. The summed E-state index contributed by atoms with van der Waals surface area (Å²) in [4.78, 5) is 4.61. The van der Waals surface area contributed by atoms with Crippen LogP contribution in [0.25, 0.3) is 11.4 Å². The van der Waals surface area contributed by atoms with Crippen LogP contribution in [-0.2, 0) is 24.3 Å². The number of nitrogens with one attached hydrogen (secondary N) is 1. The van der Waals surface area contributed by atoms with Crippen molar-refractivity contribution in [2.24, 2.45) is 0 Å². The van der Waals surface area contributed by atoms with E-state index in [1.807, 2.05) is 29.1 Å². The smallest absolute Gasteiger partial charge is 0.150 e. The van der Waals surface area contributed by atoms with Gasteiger partial charge in [-0.3, -0.25) is 4.98 Å². The Morgan fingerprint density at radius 1 is 1.14 bits per heavy atom. The van der Waals surface area contributed by atoms with Crippen LogP contribution in [0.5, 0.6) is 5.75 Å². The molecule has 0 spiro atoms. The van der Waals surface area contributed by atoms with Crippen molar-refractivity contribution >= 4 is 0 Å². The Morgan fingerprint density at radius 2 is 2.14 bits per heavy atom. The van der Waals surface area contributed by atoms with Crippen molar-refractivity contribution < 1.29 is 9.47 Å². The number of rotatable bonds is 5. The molecule has 1 aromatic carbocycles. The molecule has 1 fully saturated rings. The molecule has 2 aliphatic heterocycles. The van der Waals surface area contributed by atoms with Crippen LogP contribution < -0.4 is 10.1 Å². The minimum Gasteiger partial charge on any atom is -0.487 e. The second-order valence-electron chi connectivity index (χ2n) is 7.68. The normalized spacial score (nSPS) is 19.0. The Hall–Kier alpha value is -2.70. The van der Waals surface area contributed by atoms with Crippen LogP contribution in [-0.4, -0.2) is 27.9 Å². The first kappa shape index (κ1) is 18.3. The van der Waals surface area contributed by atoms with Crippen LogP contribution in [0, 0.1) is 0 Å². The first-order valence-electron chi connectivity index (χ1n) is 10.4. The molecule has 1 unspecified atom stereocenters. The molecule has 0 amide bonds. The molecule has 0 bridgehead atoms. The number of hydrogen-bond donors (Lipinski definition) is 1. The van der Waals surface area contributed by atoms with E-state index in [1.54, 1.807) is 6.20 Å². The average molecular weight is 390 g/mol. The van der Waals surface area contributed by atoms with Crippen molar-refractivity contribution in [3.8, 4) is 17.1 Å². The summed E-state index contributed by atoms with van der Waals surface area (Å²) < 4.78 is 13.8. The molecule has 1 saturated heterocycles. The van der Waals surface area contributed by atoms with Gasteiger partial charge in [-0.25, -0.2) is 4.68 Å². The molecule has 2 aliphatic rings. The van der Waals surface area contributed by atoms with Gasteiger partial charge >= 0.3 is 0 Å². The van der Waals surface area contributed by atoms with Crippen LogP contribution in [0.2, 0.25) is 0 Å². The number of nitrogens with zero attached hydrogens (tertiary/aromatic N) is 3. The fourth-order valence-corrected chi connectivity index (χ4v) is 4.07. The molecule has 1 N–H and O–H groups in total. The zero-order chi connectivity index (χ0) is 19.5. The lowest BCUT2D eigenvalue weighted by Gasteiger charge is -2.24. The van der Waals surface area contributed by atoms with Crippen molar-refractivity contribution in [1.82, 2.24) is 20.1 Å². The highest BCUT2D eigenvalue weighted by Gasteiger charge is 2.20. The van der Waals surface area contributed by atoms with Gasteiger partial charge in [0.2, 0.25) is 0 Å². The Bertz CT molecular complexity index is 961. The Morgan fingerprint density at radius 3 is 3.00 bits per heavy atom. The van der Waals surface area contributed by atoms with Crippen molar-refractivity contribution in [3.63, 3.8) is 0 Å². The number of fused-ring (bicyclic) bond motifs is 1. The van der Waals surface area contributed by atoms with Gasteiger partial charge in [-0.1, -0.05) is 18.2 Å². The van der Waals surface area contributed by atoms with Gasteiger partial charge in [-0.15, -0.1) is 0 Å². The zero-order valence-electron chi connectivity index (χ0n) is 16.5. The molecular formula is C23H26N4O2.